The summed E-state index contributed by atoms with van der Waals surface area (Å²) in [5.41, 5.74) is -0.171. The average Bonchev–Trinajstić information content (AvgIpc) is 3.09. The van der Waals surface area contributed by atoms with Crippen molar-refractivity contribution in [2.45, 2.75) is 0 Å². The van der Waals surface area contributed by atoms with E-state index in [1.54, 1.807) is 21.9 Å². The Morgan fingerprint density at radius 1 is 1.05 bits per heavy atom. The molecule has 0 radical (unpaired) electrons. The van der Waals surface area contributed by atoms with E-state index >= 15 is 0 Å². The molecule has 2 aromatic rings. The Morgan fingerprint density at radius 2 is 1.73 bits per heavy atom. The van der Waals surface area contributed by atoms with Gasteiger partial charge in [0.05, 0.1) is 6.26 Å². The molecule has 0 aliphatic carbocycles. The molecule has 2 aromatic heterocycles. The minimum Gasteiger partial charge on any atom is -0.459 e. The number of amides is 2. The minimum atomic E-state index is -0.356. The molecule has 0 aromatic carbocycles. The third kappa shape index (κ3) is 2.76. The second-order valence-electron chi connectivity index (χ2n) is 4.87. The molecular formula is C14H14N4O4. The van der Waals surface area contributed by atoms with Gasteiger partial charge >= 0.3 is 0 Å². The predicted molar refractivity (Wildman–Crippen MR) is 75.4 cm³/mol. The van der Waals surface area contributed by atoms with E-state index in [1.807, 2.05) is 0 Å². The average molecular weight is 302 g/mol. The summed E-state index contributed by atoms with van der Waals surface area (Å²) >= 11 is 0. The Balaban J connectivity index is 1.62. The number of aromatic amines is 1. The molecule has 0 bridgehead atoms. The maximum atomic E-state index is 12.2. The van der Waals surface area contributed by atoms with Gasteiger partial charge in [-0.1, -0.05) is 0 Å². The van der Waals surface area contributed by atoms with Crippen molar-refractivity contribution in [1.82, 2.24) is 20.0 Å². The highest BCUT2D eigenvalue weighted by Gasteiger charge is 2.27. The van der Waals surface area contributed by atoms with Crippen LogP contribution >= 0.6 is 0 Å². The van der Waals surface area contributed by atoms with E-state index in [9.17, 15) is 14.4 Å². The van der Waals surface area contributed by atoms with Crippen LogP contribution in [0.4, 0.5) is 0 Å². The SMILES string of the molecule is O=C(c1ccc(=O)[nH]n1)N1CCN(C(=O)c2ccco2)CC1. The fraction of sp³-hybridized carbons (Fsp3) is 0.286. The van der Waals surface area contributed by atoms with Crippen molar-refractivity contribution < 1.29 is 14.0 Å². The third-order valence-corrected chi connectivity index (χ3v) is 3.48. The van der Waals surface area contributed by atoms with E-state index in [0.29, 0.717) is 31.9 Å². The van der Waals surface area contributed by atoms with Crippen LogP contribution in [0.25, 0.3) is 0 Å². The first-order valence-corrected chi connectivity index (χ1v) is 6.83. The fourth-order valence-electron chi connectivity index (χ4n) is 2.29. The smallest absolute Gasteiger partial charge is 0.289 e. The fourth-order valence-corrected chi connectivity index (χ4v) is 2.29. The van der Waals surface area contributed by atoms with Crippen LogP contribution in [-0.4, -0.2) is 58.0 Å². The first kappa shape index (κ1) is 14.1. The van der Waals surface area contributed by atoms with Crippen LogP contribution in [0.15, 0.2) is 39.7 Å². The largest absolute Gasteiger partial charge is 0.459 e. The molecule has 1 fully saturated rings. The molecule has 2 amide bonds. The third-order valence-electron chi connectivity index (χ3n) is 3.48. The maximum absolute atomic E-state index is 12.2. The Kier molecular flexibility index (Phi) is 3.73. The maximum Gasteiger partial charge on any atom is 0.289 e. The van der Waals surface area contributed by atoms with E-state index < -0.39 is 0 Å². The lowest BCUT2D eigenvalue weighted by molar-refractivity contribution is 0.0514. The van der Waals surface area contributed by atoms with Crippen LogP contribution in [0.3, 0.4) is 0 Å². The van der Waals surface area contributed by atoms with Gasteiger partial charge in [0.2, 0.25) is 0 Å². The van der Waals surface area contributed by atoms with E-state index in [1.165, 1.54) is 18.4 Å². The van der Waals surface area contributed by atoms with E-state index in [-0.39, 0.29) is 23.1 Å². The van der Waals surface area contributed by atoms with Gasteiger partial charge in [-0.15, -0.1) is 0 Å². The molecule has 1 N–H and O–H groups in total. The van der Waals surface area contributed by atoms with Crippen molar-refractivity contribution in [2.75, 3.05) is 26.2 Å². The van der Waals surface area contributed by atoms with Crippen LogP contribution in [0.2, 0.25) is 0 Å². The molecule has 114 valence electrons. The van der Waals surface area contributed by atoms with Crippen molar-refractivity contribution in [1.29, 1.82) is 0 Å². The number of hydrogen-bond donors (Lipinski definition) is 1. The number of rotatable bonds is 2. The zero-order valence-corrected chi connectivity index (χ0v) is 11.7. The highest BCUT2D eigenvalue weighted by molar-refractivity contribution is 5.93. The second-order valence-corrected chi connectivity index (χ2v) is 4.87. The molecule has 0 saturated carbocycles. The van der Waals surface area contributed by atoms with Gasteiger partial charge in [-0.05, 0) is 18.2 Å². The van der Waals surface area contributed by atoms with Gasteiger partial charge in [0.1, 0.15) is 5.69 Å². The van der Waals surface area contributed by atoms with E-state index in [0.717, 1.165) is 0 Å². The van der Waals surface area contributed by atoms with Crippen molar-refractivity contribution in [3.8, 4) is 0 Å². The highest BCUT2D eigenvalue weighted by atomic mass is 16.3. The number of carbonyl (C=O) groups is 2. The van der Waals surface area contributed by atoms with Crippen LogP contribution in [-0.2, 0) is 0 Å². The van der Waals surface area contributed by atoms with Gasteiger partial charge in [0, 0.05) is 32.2 Å². The van der Waals surface area contributed by atoms with E-state index in [2.05, 4.69) is 10.2 Å². The summed E-state index contributed by atoms with van der Waals surface area (Å²) in [6.07, 6.45) is 1.45. The quantitative estimate of drug-likeness (QED) is 0.839. The van der Waals surface area contributed by atoms with Gasteiger partial charge in [0.25, 0.3) is 17.4 Å². The van der Waals surface area contributed by atoms with Crippen LogP contribution in [0.5, 0.6) is 0 Å². The Morgan fingerprint density at radius 3 is 2.27 bits per heavy atom. The summed E-state index contributed by atoms with van der Waals surface area (Å²) in [6.45, 7) is 1.67. The van der Waals surface area contributed by atoms with Gasteiger partial charge in [-0.3, -0.25) is 14.4 Å². The minimum absolute atomic E-state index is 0.181. The second kappa shape index (κ2) is 5.84. The highest BCUT2D eigenvalue weighted by Crippen LogP contribution is 2.10. The number of nitrogens with one attached hydrogen (secondary N) is 1. The monoisotopic (exact) mass is 302 g/mol. The van der Waals surface area contributed by atoms with Crippen molar-refractivity contribution in [2.24, 2.45) is 0 Å². The van der Waals surface area contributed by atoms with Crippen LogP contribution < -0.4 is 5.56 Å². The summed E-state index contributed by atoms with van der Waals surface area (Å²) in [5, 5.41) is 5.96. The first-order valence-electron chi connectivity index (χ1n) is 6.83. The molecule has 8 heteroatoms. The topological polar surface area (TPSA) is 99.5 Å². The standard InChI is InChI=1S/C14H14N4O4/c19-12-4-3-10(15-16-12)13(20)17-5-7-18(8-6-17)14(21)11-2-1-9-22-11/h1-4,9H,5-8H2,(H,16,19). The molecule has 3 heterocycles. The lowest BCUT2D eigenvalue weighted by atomic mass is 10.2. The van der Waals surface area contributed by atoms with Gasteiger partial charge in [-0.25, -0.2) is 5.10 Å². The van der Waals surface area contributed by atoms with Gasteiger partial charge in [0.15, 0.2) is 5.76 Å². The molecule has 0 spiro atoms. The molecule has 8 nitrogen and oxygen atoms in total. The lowest BCUT2D eigenvalue weighted by Crippen LogP contribution is -2.50. The molecule has 1 saturated heterocycles. The summed E-state index contributed by atoms with van der Waals surface area (Å²) in [6, 6.07) is 5.93. The van der Waals surface area contributed by atoms with Gasteiger partial charge < -0.3 is 14.2 Å². The summed E-state index contributed by atoms with van der Waals surface area (Å²) in [5.74, 6) is -0.150. The molecule has 0 atom stereocenters. The zero-order valence-electron chi connectivity index (χ0n) is 11.7. The number of hydrogen-bond acceptors (Lipinski definition) is 5. The summed E-state index contributed by atoms with van der Waals surface area (Å²) in [7, 11) is 0. The Bertz CT molecular complexity index is 709. The zero-order chi connectivity index (χ0) is 15.5. The molecule has 0 unspecified atom stereocenters. The number of aromatic nitrogens is 2. The van der Waals surface area contributed by atoms with Crippen LogP contribution in [0, 0.1) is 0 Å². The van der Waals surface area contributed by atoms with Crippen LogP contribution in [0.1, 0.15) is 21.0 Å². The first-order chi connectivity index (χ1) is 10.6. The lowest BCUT2D eigenvalue weighted by Gasteiger charge is -2.34. The number of furan rings is 1. The summed E-state index contributed by atoms with van der Waals surface area (Å²) < 4.78 is 5.09. The number of nitrogens with zero attached hydrogens (tertiary/aromatic N) is 3. The van der Waals surface area contributed by atoms with E-state index in [4.69, 9.17) is 4.42 Å². The van der Waals surface area contributed by atoms with Crippen molar-refractivity contribution in [3.63, 3.8) is 0 Å². The molecular weight excluding hydrogens is 288 g/mol. The Labute approximate surface area is 125 Å². The normalized spacial score (nSPS) is 14.9. The number of carbonyl (C=O) groups excluding carboxylic acids is 2. The molecule has 22 heavy (non-hydrogen) atoms. The molecule has 1 aliphatic heterocycles. The molecule has 3 rings (SSSR count). The Hall–Kier alpha value is -2.90. The summed E-state index contributed by atoms with van der Waals surface area (Å²) in [4.78, 5) is 38.6. The van der Waals surface area contributed by atoms with Crippen molar-refractivity contribution >= 4 is 11.8 Å². The van der Waals surface area contributed by atoms with Crippen molar-refractivity contribution in [3.05, 3.63) is 52.3 Å². The molecule has 1 aliphatic rings. The number of piperazine rings is 1. The number of H-pyrrole nitrogens is 1. The van der Waals surface area contributed by atoms with Gasteiger partial charge in [-0.2, -0.15) is 5.10 Å². The predicted octanol–water partition coefficient (Wildman–Crippen LogP) is -0.0389.